The molecule has 1 aliphatic heterocycles. The second kappa shape index (κ2) is 4.20. The van der Waals surface area contributed by atoms with Gasteiger partial charge in [0.25, 0.3) is 5.69 Å². The fraction of sp³-hybridized carbons (Fsp3) is 0.417. The van der Waals surface area contributed by atoms with Crippen LogP contribution in [0, 0.1) is 22.0 Å². The van der Waals surface area contributed by atoms with E-state index >= 15 is 0 Å². The Kier molecular flexibility index (Phi) is 2.63. The summed E-state index contributed by atoms with van der Waals surface area (Å²) >= 11 is 0. The van der Waals surface area contributed by atoms with Crippen molar-refractivity contribution >= 4 is 17.3 Å². The predicted molar refractivity (Wildman–Crippen MR) is 68.9 cm³/mol. The van der Waals surface area contributed by atoms with Crippen molar-refractivity contribution in [3.63, 3.8) is 0 Å². The Labute approximate surface area is 109 Å². The standard InChI is InChI=1S/C12H14N4O3/c13-12(17)6-1-2-9(10(3-6)16(18)19)15-11-7-4-14-5-8(7)11/h1-3,7-8,11,14-15H,4-5H2,(H2,13,17). The number of nitrogens with one attached hydrogen (secondary N) is 2. The van der Waals surface area contributed by atoms with Crippen molar-refractivity contribution in [3.8, 4) is 0 Å². The van der Waals surface area contributed by atoms with Gasteiger partial charge in [-0.25, -0.2) is 0 Å². The van der Waals surface area contributed by atoms with Crippen LogP contribution in [0.4, 0.5) is 11.4 Å². The van der Waals surface area contributed by atoms with Gasteiger partial charge in [-0.05, 0) is 24.0 Å². The van der Waals surface area contributed by atoms with Gasteiger partial charge in [-0.1, -0.05) is 0 Å². The van der Waals surface area contributed by atoms with E-state index in [-0.39, 0.29) is 11.3 Å². The zero-order valence-electron chi connectivity index (χ0n) is 10.1. The maximum atomic E-state index is 11.1. The Morgan fingerprint density at radius 3 is 2.68 bits per heavy atom. The number of carbonyl (C=O) groups is 1. The van der Waals surface area contributed by atoms with Crippen molar-refractivity contribution in [3.05, 3.63) is 33.9 Å². The number of carbonyl (C=O) groups excluding carboxylic acids is 1. The molecule has 7 nitrogen and oxygen atoms in total. The van der Waals surface area contributed by atoms with Gasteiger partial charge in [0.1, 0.15) is 5.69 Å². The topological polar surface area (TPSA) is 110 Å². The van der Waals surface area contributed by atoms with Gasteiger partial charge in [-0.2, -0.15) is 0 Å². The first-order chi connectivity index (χ1) is 9.08. The van der Waals surface area contributed by atoms with Gasteiger partial charge in [0.15, 0.2) is 0 Å². The third-order valence-electron chi connectivity index (χ3n) is 3.89. The van der Waals surface area contributed by atoms with Crippen molar-refractivity contribution in [1.82, 2.24) is 5.32 Å². The molecule has 3 rings (SSSR count). The normalized spacial score (nSPS) is 27.7. The third kappa shape index (κ3) is 2.01. The van der Waals surface area contributed by atoms with Crippen LogP contribution in [0.5, 0.6) is 0 Å². The van der Waals surface area contributed by atoms with Gasteiger partial charge in [0.2, 0.25) is 5.91 Å². The molecule has 0 aromatic heterocycles. The average molecular weight is 262 g/mol. The number of piperidine rings is 1. The van der Waals surface area contributed by atoms with Gasteiger partial charge < -0.3 is 16.4 Å². The van der Waals surface area contributed by atoms with Crippen LogP contribution >= 0.6 is 0 Å². The van der Waals surface area contributed by atoms with Gasteiger partial charge in [-0.3, -0.25) is 14.9 Å². The van der Waals surface area contributed by atoms with Crippen molar-refractivity contribution < 1.29 is 9.72 Å². The summed E-state index contributed by atoms with van der Waals surface area (Å²) in [6.07, 6.45) is 0. The van der Waals surface area contributed by atoms with E-state index in [1.807, 2.05) is 0 Å². The molecule has 1 aromatic rings. The molecule has 2 fully saturated rings. The lowest BCUT2D eigenvalue weighted by Crippen LogP contribution is -2.21. The predicted octanol–water partition coefficient (Wildman–Crippen LogP) is 0.323. The number of benzene rings is 1. The molecule has 1 aliphatic carbocycles. The number of fused-ring (bicyclic) bond motifs is 1. The van der Waals surface area contributed by atoms with Crippen molar-refractivity contribution in [2.24, 2.45) is 17.6 Å². The lowest BCUT2D eigenvalue weighted by molar-refractivity contribution is -0.384. The van der Waals surface area contributed by atoms with E-state index in [9.17, 15) is 14.9 Å². The molecule has 2 atom stereocenters. The fourth-order valence-corrected chi connectivity index (χ4v) is 2.77. The molecule has 1 heterocycles. The number of anilines is 1. The SMILES string of the molecule is NC(=O)c1ccc(NC2C3CNCC32)c([N+](=O)[O-])c1. The van der Waals surface area contributed by atoms with Crippen molar-refractivity contribution in [2.75, 3.05) is 18.4 Å². The molecule has 0 bridgehead atoms. The molecule has 1 amide bonds. The highest BCUT2D eigenvalue weighted by molar-refractivity contribution is 5.94. The van der Waals surface area contributed by atoms with Crippen LogP contribution in [-0.4, -0.2) is 30.0 Å². The molecule has 2 aliphatic rings. The first-order valence-corrected chi connectivity index (χ1v) is 6.13. The van der Waals surface area contributed by atoms with E-state index in [4.69, 9.17) is 5.73 Å². The van der Waals surface area contributed by atoms with Gasteiger partial charge >= 0.3 is 0 Å². The largest absolute Gasteiger partial charge is 0.376 e. The fourth-order valence-electron chi connectivity index (χ4n) is 2.77. The molecule has 19 heavy (non-hydrogen) atoms. The van der Waals surface area contributed by atoms with Crippen LogP contribution in [0.3, 0.4) is 0 Å². The van der Waals surface area contributed by atoms with Crippen LogP contribution in [-0.2, 0) is 0 Å². The minimum atomic E-state index is -0.665. The first-order valence-electron chi connectivity index (χ1n) is 6.13. The smallest absolute Gasteiger partial charge is 0.293 e. The number of primary amides is 1. The molecule has 100 valence electrons. The summed E-state index contributed by atoms with van der Waals surface area (Å²) in [6.45, 7) is 1.91. The second-order valence-electron chi connectivity index (χ2n) is 5.01. The molecule has 2 unspecified atom stereocenters. The highest BCUT2D eigenvalue weighted by atomic mass is 16.6. The van der Waals surface area contributed by atoms with E-state index in [0.29, 0.717) is 23.6 Å². The Morgan fingerprint density at radius 1 is 1.42 bits per heavy atom. The third-order valence-corrected chi connectivity index (χ3v) is 3.89. The average Bonchev–Trinajstić information content (AvgIpc) is 2.82. The lowest BCUT2D eigenvalue weighted by atomic mass is 10.1. The van der Waals surface area contributed by atoms with Gasteiger partial charge in [0, 0.05) is 30.8 Å². The number of hydrogen-bond donors (Lipinski definition) is 3. The molecule has 1 aromatic carbocycles. The number of rotatable bonds is 4. The minimum absolute atomic E-state index is 0.103. The van der Waals surface area contributed by atoms with Gasteiger partial charge in [0.05, 0.1) is 4.92 Å². The molecule has 0 spiro atoms. The summed E-state index contributed by atoms with van der Waals surface area (Å²) in [4.78, 5) is 21.6. The van der Waals surface area contributed by atoms with Crippen molar-refractivity contribution in [1.29, 1.82) is 0 Å². The molecular formula is C12H14N4O3. The quantitative estimate of drug-likeness (QED) is 0.534. The van der Waals surface area contributed by atoms with Crippen LogP contribution in [0.2, 0.25) is 0 Å². The highest BCUT2D eigenvalue weighted by Crippen LogP contribution is 2.44. The summed E-state index contributed by atoms with van der Waals surface area (Å²) in [5.41, 5.74) is 5.63. The summed E-state index contributed by atoms with van der Waals surface area (Å²) in [5, 5.41) is 17.5. The molecular weight excluding hydrogens is 248 g/mol. The maximum absolute atomic E-state index is 11.1. The zero-order chi connectivity index (χ0) is 13.6. The van der Waals surface area contributed by atoms with E-state index in [1.54, 1.807) is 6.07 Å². The van der Waals surface area contributed by atoms with E-state index in [1.165, 1.54) is 12.1 Å². The van der Waals surface area contributed by atoms with E-state index in [2.05, 4.69) is 10.6 Å². The first kappa shape index (κ1) is 11.9. The second-order valence-corrected chi connectivity index (χ2v) is 5.01. The van der Waals surface area contributed by atoms with Crippen LogP contribution < -0.4 is 16.4 Å². The maximum Gasteiger partial charge on any atom is 0.293 e. The monoisotopic (exact) mass is 262 g/mol. The summed E-state index contributed by atoms with van der Waals surface area (Å²) < 4.78 is 0. The van der Waals surface area contributed by atoms with Crippen LogP contribution in [0.15, 0.2) is 18.2 Å². The molecule has 1 saturated carbocycles. The van der Waals surface area contributed by atoms with Crippen molar-refractivity contribution in [2.45, 2.75) is 6.04 Å². The molecule has 7 heteroatoms. The summed E-state index contributed by atoms with van der Waals surface area (Å²) in [5.74, 6) is 0.438. The number of nitrogens with two attached hydrogens (primary N) is 1. The number of amides is 1. The van der Waals surface area contributed by atoms with E-state index < -0.39 is 10.8 Å². The molecule has 0 radical (unpaired) electrons. The Hall–Kier alpha value is -2.15. The summed E-state index contributed by atoms with van der Waals surface area (Å²) in [6, 6.07) is 4.58. The number of nitro groups is 1. The number of nitro benzene ring substituents is 1. The van der Waals surface area contributed by atoms with E-state index in [0.717, 1.165) is 13.1 Å². The van der Waals surface area contributed by atoms with Crippen LogP contribution in [0.25, 0.3) is 0 Å². The summed E-state index contributed by atoms with van der Waals surface area (Å²) in [7, 11) is 0. The van der Waals surface area contributed by atoms with Crippen LogP contribution in [0.1, 0.15) is 10.4 Å². The number of hydrogen-bond acceptors (Lipinski definition) is 5. The number of nitrogens with zero attached hydrogens (tertiary/aromatic N) is 1. The molecule has 4 N–H and O–H groups in total. The Bertz CT molecular complexity index is 550. The highest BCUT2D eigenvalue weighted by Gasteiger charge is 2.53. The Balaban J connectivity index is 1.84. The minimum Gasteiger partial charge on any atom is -0.376 e. The zero-order valence-corrected chi connectivity index (χ0v) is 10.1. The Morgan fingerprint density at radius 2 is 2.11 bits per heavy atom. The molecule has 1 saturated heterocycles. The van der Waals surface area contributed by atoms with Gasteiger partial charge in [-0.15, -0.1) is 0 Å². The lowest BCUT2D eigenvalue weighted by Gasteiger charge is -2.10.